The number of nitro groups is 1. The van der Waals surface area contributed by atoms with Crippen LogP contribution in [0.15, 0.2) is 131 Å². The normalized spacial score (nSPS) is 13.8. The molecule has 0 aromatic heterocycles. The molecule has 2 amide bonds. The number of anilines is 2. The third-order valence-electron chi connectivity index (χ3n) is 10.5. The molecule has 320 valence electrons. The van der Waals surface area contributed by atoms with Crippen molar-refractivity contribution in [2.45, 2.75) is 41.6 Å². The first-order chi connectivity index (χ1) is 29.3. The molecule has 61 heavy (non-hydrogen) atoms. The molecule has 16 heteroatoms. The Labute approximate surface area is 366 Å². The van der Waals surface area contributed by atoms with Crippen molar-refractivity contribution >= 4 is 62.3 Å². The predicted molar refractivity (Wildman–Crippen MR) is 244 cm³/mol. The van der Waals surface area contributed by atoms with Gasteiger partial charge in [-0.05, 0) is 110 Å². The van der Waals surface area contributed by atoms with E-state index in [-0.39, 0.29) is 29.6 Å². The number of benzene rings is 5. The van der Waals surface area contributed by atoms with Crippen molar-refractivity contribution in [3.8, 4) is 11.1 Å². The van der Waals surface area contributed by atoms with Crippen molar-refractivity contribution in [2.24, 2.45) is 5.73 Å². The first-order valence-corrected chi connectivity index (χ1v) is 22.9. The van der Waals surface area contributed by atoms with Crippen molar-refractivity contribution in [3.63, 3.8) is 0 Å². The van der Waals surface area contributed by atoms with Gasteiger partial charge in [-0.25, -0.2) is 13.1 Å². The molecule has 0 radical (unpaired) electrons. The van der Waals surface area contributed by atoms with Crippen molar-refractivity contribution < 1.29 is 22.9 Å². The molecule has 0 bridgehead atoms. The lowest BCUT2D eigenvalue weighted by atomic mass is 9.99. The molecule has 6 rings (SSSR count). The van der Waals surface area contributed by atoms with E-state index in [1.165, 1.54) is 23.3 Å². The highest BCUT2D eigenvalue weighted by atomic mass is 35.5. The summed E-state index contributed by atoms with van der Waals surface area (Å²) < 4.78 is 29.0. The number of carbonyl (C=O) groups is 2. The average molecular weight is 885 g/mol. The molecule has 5 aromatic rings. The standard InChI is InChI=1S/C45H50ClN7O6S2/c1-50(24-7-12-44(47)54)25-23-37(32-60-39-9-3-2-4-10-39)48-42-22-21-40(30-43(42)53(56)57)61(58,59)49-45(55)34-15-19-38(20-16-34)52-28-26-51(27-29-52)31-35-8-5-6-11-41(35)33-13-17-36(46)18-14-33/h2-6,8-11,13-22,30,37,48H,7,12,23-29,31-32H2,1H3,(H2,47,54)(H,49,55). The Morgan fingerprint density at radius 2 is 1.59 bits per heavy atom. The van der Waals surface area contributed by atoms with E-state index in [1.54, 1.807) is 36.0 Å². The number of thioether (sulfide) groups is 1. The first kappa shape index (κ1) is 45.1. The van der Waals surface area contributed by atoms with Gasteiger partial charge in [-0.15, -0.1) is 11.8 Å². The predicted octanol–water partition coefficient (Wildman–Crippen LogP) is 7.52. The number of hydrogen-bond acceptors (Lipinski definition) is 11. The van der Waals surface area contributed by atoms with Crippen molar-refractivity contribution in [1.82, 2.24) is 14.5 Å². The van der Waals surface area contributed by atoms with Gasteiger partial charge in [0.1, 0.15) is 5.69 Å². The number of halogens is 1. The maximum absolute atomic E-state index is 13.4. The SMILES string of the molecule is CN(CCCC(N)=O)CCC(CSc1ccccc1)Nc1ccc(S(=O)(=O)NC(=O)c2ccc(N3CCN(Cc4ccccc4-c4ccc(Cl)cc4)CC3)cc2)cc1[N+](=O)[O-]. The summed E-state index contributed by atoms with van der Waals surface area (Å²) in [6, 6.07) is 36.1. The maximum Gasteiger partial charge on any atom is 0.293 e. The Morgan fingerprint density at radius 3 is 2.28 bits per heavy atom. The van der Waals surface area contributed by atoms with Crippen molar-refractivity contribution in [1.29, 1.82) is 0 Å². The van der Waals surface area contributed by atoms with Gasteiger partial charge in [0.25, 0.3) is 21.6 Å². The number of nitro benzene ring substituents is 1. The topological polar surface area (TPSA) is 171 Å². The summed E-state index contributed by atoms with van der Waals surface area (Å²) >= 11 is 7.71. The number of rotatable bonds is 20. The van der Waals surface area contributed by atoms with E-state index in [0.717, 1.165) is 54.9 Å². The van der Waals surface area contributed by atoms with Crippen LogP contribution in [0.5, 0.6) is 0 Å². The molecule has 13 nitrogen and oxygen atoms in total. The fourth-order valence-corrected chi connectivity index (χ4v) is 9.24. The van der Waals surface area contributed by atoms with E-state index in [9.17, 15) is 28.1 Å². The smallest absolute Gasteiger partial charge is 0.293 e. The summed E-state index contributed by atoms with van der Waals surface area (Å²) in [5, 5.41) is 16.3. The summed E-state index contributed by atoms with van der Waals surface area (Å²) in [5.74, 6) is -0.634. The second-order valence-corrected chi connectivity index (χ2v) is 18.2. The van der Waals surface area contributed by atoms with Gasteiger partial charge >= 0.3 is 0 Å². The zero-order valence-electron chi connectivity index (χ0n) is 33.9. The molecule has 1 heterocycles. The van der Waals surface area contributed by atoms with Crippen LogP contribution < -0.4 is 20.7 Å². The molecular formula is C45H50ClN7O6S2. The van der Waals surface area contributed by atoms with Crippen LogP contribution in [0.4, 0.5) is 17.1 Å². The Kier molecular flexibility index (Phi) is 15.8. The monoisotopic (exact) mass is 883 g/mol. The lowest BCUT2D eigenvalue weighted by molar-refractivity contribution is -0.384. The number of hydrogen-bond donors (Lipinski definition) is 3. The van der Waals surface area contributed by atoms with E-state index in [2.05, 4.69) is 42.9 Å². The first-order valence-electron chi connectivity index (χ1n) is 20.0. The quantitative estimate of drug-likeness (QED) is 0.0401. The van der Waals surface area contributed by atoms with Crippen LogP contribution in [0.2, 0.25) is 5.02 Å². The number of piperazine rings is 1. The van der Waals surface area contributed by atoms with Crippen LogP contribution in [0.3, 0.4) is 0 Å². The fourth-order valence-electron chi connectivity index (χ4n) is 7.13. The van der Waals surface area contributed by atoms with Crippen molar-refractivity contribution in [2.75, 3.05) is 62.3 Å². The van der Waals surface area contributed by atoms with Gasteiger partial charge in [0.2, 0.25) is 5.91 Å². The van der Waals surface area contributed by atoms with Crippen LogP contribution >= 0.6 is 23.4 Å². The Morgan fingerprint density at radius 1 is 0.902 bits per heavy atom. The molecule has 1 aliphatic rings. The van der Waals surface area contributed by atoms with Gasteiger partial charge in [0, 0.05) is 78.2 Å². The van der Waals surface area contributed by atoms with Gasteiger partial charge in [0.15, 0.2) is 0 Å². The fraction of sp³-hybridized carbons (Fsp3) is 0.289. The van der Waals surface area contributed by atoms with Crippen LogP contribution in [0.1, 0.15) is 35.2 Å². The lowest BCUT2D eigenvalue weighted by Crippen LogP contribution is -2.46. The average Bonchev–Trinajstić information content (AvgIpc) is 3.25. The van der Waals surface area contributed by atoms with Crippen LogP contribution in [-0.2, 0) is 21.4 Å². The largest absolute Gasteiger partial charge is 0.376 e. The molecule has 1 unspecified atom stereocenters. The molecule has 4 N–H and O–H groups in total. The molecule has 5 aromatic carbocycles. The maximum atomic E-state index is 13.4. The van der Waals surface area contributed by atoms with E-state index < -0.39 is 31.4 Å². The number of carbonyl (C=O) groups excluding carboxylic acids is 2. The van der Waals surface area contributed by atoms with E-state index in [4.69, 9.17) is 17.3 Å². The molecular weight excluding hydrogens is 834 g/mol. The summed E-state index contributed by atoms with van der Waals surface area (Å²) in [6.45, 7) is 5.31. The Bertz CT molecular complexity index is 2380. The zero-order chi connectivity index (χ0) is 43.4. The van der Waals surface area contributed by atoms with Gasteiger partial charge < -0.3 is 20.9 Å². The zero-order valence-corrected chi connectivity index (χ0v) is 36.3. The minimum Gasteiger partial charge on any atom is -0.376 e. The number of nitrogens with two attached hydrogens (primary N) is 1. The molecule has 1 atom stereocenters. The molecule has 1 fully saturated rings. The van der Waals surface area contributed by atoms with Crippen molar-refractivity contribution in [3.05, 3.63) is 148 Å². The van der Waals surface area contributed by atoms with Crippen LogP contribution in [0.25, 0.3) is 11.1 Å². The molecule has 1 saturated heterocycles. The number of nitrogens with one attached hydrogen (secondary N) is 2. The van der Waals surface area contributed by atoms with Gasteiger partial charge in [-0.1, -0.05) is 66.2 Å². The third-order valence-corrected chi connectivity index (χ3v) is 13.3. The number of primary amides is 1. The second-order valence-electron chi connectivity index (χ2n) is 15.0. The second kappa shape index (κ2) is 21.4. The molecule has 0 spiro atoms. The van der Waals surface area contributed by atoms with Crippen LogP contribution in [-0.4, -0.2) is 93.1 Å². The van der Waals surface area contributed by atoms with Gasteiger partial charge in [-0.2, -0.15) is 0 Å². The summed E-state index contributed by atoms with van der Waals surface area (Å²) in [6.07, 6.45) is 1.51. The summed E-state index contributed by atoms with van der Waals surface area (Å²) in [4.78, 5) is 43.4. The van der Waals surface area contributed by atoms with Gasteiger partial charge in [-0.3, -0.25) is 24.6 Å². The van der Waals surface area contributed by atoms with Crippen LogP contribution in [0, 0.1) is 10.1 Å². The minimum atomic E-state index is -4.47. The highest BCUT2D eigenvalue weighted by Crippen LogP contribution is 2.31. The number of sulfonamides is 1. The highest BCUT2D eigenvalue weighted by Gasteiger charge is 2.26. The summed E-state index contributed by atoms with van der Waals surface area (Å²) in [5.41, 5.74) is 9.58. The molecule has 0 saturated carbocycles. The number of amides is 2. The minimum absolute atomic E-state index is 0.135. The Hall–Kier alpha value is -5.45. The van der Waals surface area contributed by atoms with E-state index >= 15 is 0 Å². The molecule has 1 aliphatic heterocycles. The number of nitrogens with zero attached hydrogens (tertiary/aromatic N) is 4. The van der Waals surface area contributed by atoms with E-state index in [1.807, 2.05) is 67.7 Å². The highest BCUT2D eigenvalue weighted by molar-refractivity contribution is 7.99. The lowest BCUT2D eigenvalue weighted by Gasteiger charge is -2.36. The van der Waals surface area contributed by atoms with E-state index in [0.29, 0.717) is 36.7 Å². The van der Waals surface area contributed by atoms with Gasteiger partial charge in [0.05, 0.1) is 9.82 Å². The molecule has 0 aliphatic carbocycles. The Balaban J connectivity index is 1.06. The summed E-state index contributed by atoms with van der Waals surface area (Å²) in [7, 11) is -2.54. The third kappa shape index (κ3) is 13.0.